The topological polar surface area (TPSA) is 54.3 Å². The van der Waals surface area contributed by atoms with E-state index >= 15 is 0 Å². The number of para-hydroxylation sites is 1. The number of piperidine rings is 2. The first kappa shape index (κ1) is 25.0. The van der Waals surface area contributed by atoms with Gasteiger partial charge in [-0.2, -0.15) is 13.2 Å². The van der Waals surface area contributed by atoms with Gasteiger partial charge in [0.15, 0.2) is 11.0 Å². The average molecular weight is 496 g/mol. The van der Waals surface area contributed by atoms with Gasteiger partial charge in [-0.1, -0.05) is 30.3 Å². The van der Waals surface area contributed by atoms with Crippen LogP contribution < -0.4 is 0 Å². The van der Waals surface area contributed by atoms with Crippen LogP contribution in [0, 0.1) is 0 Å². The summed E-state index contributed by atoms with van der Waals surface area (Å²) in [7, 11) is 0. The van der Waals surface area contributed by atoms with Crippen molar-refractivity contribution < 1.29 is 18.0 Å². The summed E-state index contributed by atoms with van der Waals surface area (Å²) in [5, 5.41) is 8.85. The molecule has 10 heteroatoms. The molecule has 0 N–H and O–H groups in total. The predicted octanol–water partition coefficient (Wildman–Crippen LogP) is 5.15. The van der Waals surface area contributed by atoms with E-state index in [0.717, 1.165) is 69.4 Å². The minimum atomic E-state index is -4.51. The van der Waals surface area contributed by atoms with Gasteiger partial charge >= 0.3 is 6.18 Å². The zero-order valence-corrected chi connectivity index (χ0v) is 20.5. The molecule has 0 radical (unpaired) electrons. The van der Waals surface area contributed by atoms with Gasteiger partial charge in [-0.05, 0) is 71.2 Å². The number of likely N-dealkylation sites (tertiary alicyclic amines) is 2. The largest absolute Gasteiger partial charge is 0.418 e. The first-order valence-corrected chi connectivity index (χ1v) is 13.0. The van der Waals surface area contributed by atoms with Crippen molar-refractivity contribution in [2.45, 2.75) is 82.3 Å². The van der Waals surface area contributed by atoms with Gasteiger partial charge in [-0.25, -0.2) is 0 Å². The molecule has 0 aliphatic carbocycles. The molecule has 2 unspecified atom stereocenters. The van der Waals surface area contributed by atoms with E-state index in [0.29, 0.717) is 17.5 Å². The number of thioether (sulfide) groups is 1. The molecular weight excluding hydrogens is 463 g/mol. The molecule has 2 aliphatic rings. The number of carbonyl (C=O) groups excluding carboxylic acids is 1. The third-order valence-electron chi connectivity index (χ3n) is 6.77. The first-order valence-electron chi connectivity index (χ1n) is 12.0. The highest BCUT2D eigenvalue weighted by Gasteiger charge is 2.35. The third-order valence-corrected chi connectivity index (χ3v) is 7.68. The summed E-state index contributed by atoms with van der Waals surface area (Å²) in [6.45, 7) is 6.31. The minimum absolute atomic E-state index is 0.00154. The number of benzene rings is 1. The Morgan fingerprint density at radius 2 is 1.71 bits per heavy atom. The maximum Gasteiger partial charge on any atom is 0.418 e. The van der Waals surface area contributed by atoms with Crippen LogP contribution in [0.25, 0.3) is 5.69 Å². The van der Waals surface area contributed by atoms with Crippen LogP contribution in [-0.2, 0) is 17.5 Å². The quantitative estimate of drug-likeness (QED) is 0.519. The van der Waals surface area contributed by atoms with Crippen molar-refractivity contribution >= 4 is 17.7 Å². The van der Waals surface area contributed by atoms with Crippen molar-refractivity contribution in [2.24, 2.45) is 0 Å². The lowest BCUT2D eigenvalue weighted by atomic mass is 9.98. The second kappa shape index (κ2) is 10.7. The summed E-state index contributed by atoms with van der Waals surface area (Å²) >= 11 is 1.16. The van der Waals surface area contributed by atoms with Gasteiger partial charge in [-0.15, -0.1) is 10.2 Å². The minimum Gasteiger partial charge on any atom is -0.337 e. The molecule has 2 saturated heterocycles. The van der Waals surface area contributed by atoms with Crippen LogP contribution in [0.3, 0.4) is 0 Å². The highest BCUT2D eigenvalue weighted by molar-refractivity contribution is 7.99. The Balaban J connectivity index is 1.63. The normalized spacial score (nSPS) is 22.2. The van der Waals surface area contributed by atoms with Gasteiger partial charge in [0.05, 0.1) is 23.5 Å². The molecule has 2 fully saturated rings. The highest BCUT2D eigenvalue weighted by Crippen LogP contribution is 2.36. The van der Waals surface area contributed by atoms with E-state index in [1.165, 1.54) is 16.7 Å². The Morgan fingerprint density at radius 3 is 2.38 bits per heavy atom. The maximum atomic E-state index is 13.9. The van der Waals surface area contributed by atoms with Crippen molar-refractivity contribution in [3.05, 3.63) is 35.7 Å². The lowest BCUT2D eigenvalue weighted by Gasteiger charge is -2.39. The summed E-state index contributed by atoms with van der Waals surface area (Å²) in [5.41, 5.74) is -0.734. The van der Waals surface area contributed by atoms with Crippen LogP contribution in [0.1, 0.15) is 63.8 Å². The van der Waals surface area contributed by atoms with E-state index < -0.39 is 11.7 Å². The predicted molar refractivity (Wildman–Crippen MR) is 126 cm³/mol. The average Bonchev–Trinajstić information content (AvgIpc) is 3.20. The Bertz CT molecular complexity index is 979. The molecule has 2 aliphatic heterocycles. The summed E-state index contributed by atoms with van der Waals surface area (Å²) in [6, 6.07) is 5.83. The Morgan fingerprint density at radius 1 is 1.03 bits per heavy atom. The van der Waals surface area contributed by atoms with E-state index in [1.807, 2.05) is 4.90 Å². The molecule has 0 spiro atoms. The maximum absolute atomic E-state index is 13.9. The van der Waals surface area contributed by atoms with Crippen LogP contribution in [0.4, 0.5) is 13.2 Å². The van der Waals surface area contributed by atoms with Crippen LogP contribution >= 0.6 is 11.8 Å². The van der Waals surface area contributed by atoms with Gasteiger partial charge in [0, 0.05) is 12.1 Å². The summed E-state index contributed by atoms with van der Waals surface area (Å²) in [5.74, 6) is 0.569. The first-order chi connectivity index (χ1) is 16.3. The highest BCUT2D eigenvalue weighted by atomic mass is 32.2. The molecule has 186 valence electrons. The van der Waals surface area contributed by atoms with Crippen molar-refractivity contribution in [1.82, 2.24) is 24.6 Å². The Hall–Kier alpha value is -2.07. The Labute approximate surface area is 202 Å². The summed E-state index contributed by atoms with van der Waals surface area (Å²) < 4.78 is 43.1. The fraction of sp³-hybridized carbons (Fsp3) is 0.625. The van der Waals surface area contributed by atoms with Crippen LogP contribution in [0.5, 0.6) is 0 Å². The van der Waals surface area contributed by atoms with Crippen LogP contribution in [0.2, 0.25) is 0 Å². The smallest absolute Gasteiger partial charge is 0.337 e. The van der Waals surface area contributed by atoms with E-state index in [1.54, 1.807) is 6.07 Å². The van der Waals surface area contributed by atoms with Crippen LogP contribution in [-0.4, -0.2) is 61.4 Å². The SMILES string of the molecule is CC1CCCC(C)N1C(=O)CSc1nnc(CN2CCCCC2)n1-c1ccccc1C(F)(F)F. The summed E-state index contributed by atoms with van der Waals surface area (Å²) in [6.07, 6.45) is 1.81. The zero-order valence-electron chi connectivity index (χ0n) is 19.7. The number of alkyl halides is 3. The standard InChI is InChI=1S/C24H32F3N5OS/c1-17-9-8-10-18(2)31(17)22(33)16-34-23-29-28-21(15-30-13-6-3-7-14-30)32(23)20-12-5-4-11-19(20)24(25,26)27/h4-5,11-12,17-18H,3,6-10,13-16H2,1-2H3. The van der Waals surface area contributed by atoms with Crippen LogP contribution in [0.15, 0.2) is 29.4 Å². The van der Waals surface area contributed by atoms with Gasteiger partial charge in [-0.3, -0.25) is 14.3 Å². The van der Waals surface area contributed by atoms with Crippen molar-refractivity contribution in [1.29, 1.82) is 0 Å². The lowest BCUT2D eigenvalue weighted by molar-refractivity contribution is -0.137. The fourth-order valence-corrected chi connectivity index (χ4v) is 5.91. The molecule has 4 rings (SSSR count). The van der Waals surface area contributed by atoms with Gasteiger partial charge in [0.1, 0.15) is 0 Å². The number of halogens is 3. The molecule has 1 amide bonds. The number of hydrogen-bond acceptors (Lipinski definition) is 5. The van der Waals surface area contributed by atoms with Crippen molar-refractivity contribution in [2.75, 3.05) is 18.8 Å². The number of rotatable bonds is 6. The number of aromatic nitrogens is 3. The van der Waals surface area contributed by atoms with Crippen molar-refractivity contribution in [3.8, 4) is 5.69 Å². The molecule has 34 heavy (non-hydrogen) atoms. The monoisotopic (exact) mass is 495 g/mol. The van der Waals surface area contributed by atoms with E-state index in [4.69, 9.17) is 0 Å². The fourth-order valence-electron chi connectivity index (χ4n) is 5.08. The molecular formula is C24H32F3N5OS. The molecule has 2 aromatic rings. The van der Waals surface area contributed by atoms with Crippen molar-refractivity contribution in [3.63, 3.8) is 0 Å². The van der Waals surface area contributed by atoms with Gasteiger partial charge in [0.2, 0.25) is 5.91 Å². The second-order valence-corrected chi connectivity index (χ2v) is 10.2. The Kier molecular flexibility index (Phi) is 7.87. The van der Waals surface area contributed by atoms with Gasteiger partial charge in [0.25, 0.3) is 0 Å². The van der Waals surface area contributed by atoms with E-state index in [9.17, 15) is 18.0 Å². The number of carbonyl (C=O) groups is 1. The molecule has 2 atom stereocenters. The number of amides is 1. The molecule has 0 bridgehead atoms. The molecule has 3 heterocycles. The van der Waals surface area contributed by atoms with E-state index in [-0.39, 0.29) is 29.4 Å². The lowest BCUT2D eigenvalue weighted by Crippen LogP contribution is -2.48. The van der Waals surface area contributed by atoms with E-state index in [2.05, 4.69) is 28.9 Å². The molecule has 1 aromatic heterocycles. The second-order valence-electron chi connectivity index (χ2n) is 9.30. The number of nitrogens with zero attached hydrogens (tertiary/aromatic N) is 5. The third kappa shape index (κ3) is 5.59. The number of hydrogen-bond donors (Lipinski definition) is 0. The molecule has 1 aromatic carbocycles. The zero-order chi connectivity index (χ0) is 24.3. The van der Waals surface area contributed by atoms with Gasteiger partial charge < -0.3 is 4.90 Å². The molecule has 6 nitrogen and oxygen atoms in total. The molecule has 0 saturated carbocycles. The summed E-state index contributed by atoms with van der Waals surface area (Å²) in [4.78, 5) is 17.2.